The van der Waals surface area contributed by atoms with Gasteiger partial charge in [0.1, 0.15) is 11.3 Å². The number of fused-ring (bicyclic) bond motifs is 3. The Balaban J connectivity index is 2.27. The van der Waals surface area contributed by atoms with E-state index in [-0.39, 0.29) is 6.10 Å². The summed E-state index contributed by atoms with van der Waals surface area (Å²) in [5.74, 6) is 0.942. The number of benzene rings is 1. The highest BCUT2D eigenvalue weighted by atomic mass is 35.5. The molecule has 1 aromatic heterocycles. The highest BCUT2D eigenvalue weighted by Crippen LogP contribution is 2.27. The average molecular weight is 223 g/mol. The number of nitrogens with zero attached hydrogens (tertiary/aromatic N) is 2. The Morgan fingerprint density at radius 1 is 1.47 bits per heavy atom. The number of imidazole rings is 1. The molecule has 0 fully saturated rings. The van der Waals surface area contributed by atoms with Gasteiger partial charge in [-0.1, -0.05) is 17.7 Å². The minimum Gasteiger partial charge on any atom is -0.393 e. The molecule has 1 N–H and O–H groups in total. The zero-order valence-corrected chi connectivity index (χ0v) is 8.91. The van der Waals surface area contributed by atoms with E-state index in [4.69, 9.17) is 11.6 Å². The molecule has 1 aliphatic heterocycles. The second-order valence-corrected chi connectivity index (χ2v) is 4.34. The fourth-order valence-corrected chi connectivity index (χ4v) is 2.37. The first-order valence-electron chi connectivity index (χ1n) is 5.07. The van der Waals surface area contributed by atoms with E-state index in [9.17, 15) is 5.11 Å². The quantitative estimate of drug-likeness (QED) is 0.741. The lowest BCUT2D eigenvalue weighted by Crippen LogP contribution is -2.23. The van der Waals surface area contributed by atoms with Gasteiger partial charge in [-0.2, -0.15) is 0 Å². The Kier molecular flexibility index (Phi) is 1.97. The molecule has 0 saturated heterocycles. The summed E-state index contributed by atoms with van der Waals surface area (Å²) in [7, 11) is 0. The van der Waals surface area contributed by atoms with Gasteiger partial charge in [-0.25, -0.2) is 4.98 Å². The number of hydrogen-bond acceptors (Lipinski definition) is 2. The van der Waals surface area contributed by atoms with Crippen molar-refractivity contribution in [2.24, 2.45) is 0 Å². The summed E-state index contributed by atoms with van der Waals surface area (Å²) in [6.45, 7) is 0.827. The van der Waals surface area contributed by atoms with Crippen molar-refractivity contribution in [1.29, 1.82) is 0 Å². The maximum Gasteiger partial charge on any atom is 0.112 e. The van der Waals surface area contributed by atoms with E-state index in [0.29, 0.717) is 11.4 Å². The number of rotatable bonds is 0. The van der Waals surface area contributed by atoms with Crippen molar-refractivity contribution in [3.63, 3.8) is 0 Å². The minimum atomic E-state index is -0.256. The SMILES string of the molecule is OC1CCn2c(nc3c(Cl)cccc32)C1. The van der Waals surface area contributed by atoms with Gasteiger partial charge < -0.3 is 9.67 Å². The summed E-state index contributed by atoms with van der Waals surface area (Å²) in [6.07, 6.45) is 1.17. The minimum absolute atomic E-state index is 0.256. The Bertz CT molecular complexity index is 521. The largest absolute Gasteiger partial charge is 0.393 e. The first-order chi connectivity index (χ1) is 7.25. The molecule has 0 radical (unpaired) electrons. The van der Waals surface area contributed by atoms with Crippen molar-refractivity contribution in [2.75, 3.05) is 0 Å². The highest BCUT2D eigenvalue weighted by Gasteiger charge is 2.20. The number of halogens is 1. The normalized spacial score (nSPS) is 20.5. The average Bonchev–Trinajstić information content (AvgIpc) is 2.57. The van der Waals surface area contributed by atoms with Crippen molar-refractivity contribution in [3.05, 3.63) is 29.0 Å². The van der Waals surface area contributed by atoms with Crippen LogP contribution in [0, 0.1) is 0 Å². The number of hydrogen-bond donors (Lipinski definition) is 1. The number of aromatic nitrogens is 2. The lowest BCUT2D eigenvalue weighted by molar-refractivity contribution is 0.142. The monoisotopic (exact) mass is 222 g/mol. The molecule has 78 valence electrons. The molecular weight excluding hydrogens is 212 g/mol. The molecule has 3 rings (SSSR count). The molecule has 0 spiro atoms. The standard InChI is InChI=1S/C11H11ClN2O/c12-8-2-1-3-9-11(8)13-10-6-7(15)4-5-14(9)10/h1-3,7,15H,4-6H2. The zero-order chi connectivity index (χ0) is 10.4. The van der Waals surface area contributed by atoms with Crippen LogP contribution in [0.25, 0.3) is 11.0 Å². The molecule has 1 unspecified atom stereocenters. The van der Waals surface area contributed by atoms with Gasteiger partial charge in [0, 0.05) is 13.0 Å². The molecule has 2 heterocycles. The van der Waals surface area contributed by atoms with E-state index in [1.165, 1.54) is 0 Å². The summed E-state index contributed by atoms with van der Waals surface area (Å²) in [5.41, 5.74) is 1.92. The summed E-state index contributed by atoms with van der Waals surface area (Å²) < 4.78 is 2.15. The Labute approximate surface area is 92.3 Å². The van der Waals surface area contributed by atoms with Gasteiger partial charge in [-0.15, -0.1) is 0 Å². The Morgan fingerprint density at radius 2 is 2.33 bits per heavy atom. The second-order valence-electron chi connectivity index (χ2n) is 3.93. The summed E-state index contributed by atoms with van der Waals surface area (Å²) in [4.78, 5) is 4.47. The fourth-order valence-electron chi connectivity index (χ4n) is 2.16. The predicted octanol–water partition coefficient (Wildman–Crippen LogP) is 2.00. The van der Waals surface area contributed by atoms with Crippen LogP contribution < -0.4 is 0 Å². The predicted molar refractivity (Wildman–Crippen MR) is 59.1 cm³/mol. The third-order valence-electron chi connectivity index (χ3n) is 2.91. The smallest absolute Gasteiger partial charge is 0.112 e. The van der Waals surface area contributed by atoms with Crippen LogP contribution in [0.1, 0.15) is 12.2 Å². The van der Waals surface area contributed by atoms with Crippen LogP contribution in [0.4, 0.5) is 0 Å². The lowest BCUT2D eigenvalue weighted by Gasteiger charge is -2.19. The molecule has 4 heteroatoms. The maximum absolute atomic E-state index is 9.56. The molecule has 1 atom stereocenters. The lowest BCUT2D eigenvalue weighted by atomic mass is 10.1. The van der Waals surface area contributed by atoms with Crippen molar-refractivity contribution >= 4 is 22.6 Å². The second kappa shape index (κ2) is 3.22. The number of aliphatic hydroxyl groups is 1. The van der Waals surface area contributed by atoms with Crippen molar-refractivity contribution in [3.8, 4) is 0 Å². The van der Waals surface area contributed by atoms with E-state index in [1.807, 2.05) is 18.2 Å². The molecule has 0 bridgehead atoms. The molecule has 1 aromatic carbocycles. The zero-order valence-electron chi connectivity index (χ0n) is 8.15. The fraction of sp³-hybridized carbons (Fsp3) is 0.364. The molecule has 3 nitrogen and oxygen atoms in total. The Hall–Kier alpha value is -1.06. The molecular formula is C11H11ClN2O. The van der Waals surface area contributed by atoms with Gasteiger partial charge >= 0.3 is 0 Å². The molecule has 0 aliphatic carbocycles. The van der Waals surface area contributed by atoms with E-state index < -0.39 is 0 Å². The van der Waals surface area contributed by atoms with Crippen LogP contribution in [-0.2, 0) is 13.0 Å². The molecule has 1 aliphatic rings. The van der Waals surface area contributed by atoms with Gasteiger partial charge in [0.2, 0.25) is 0 Å². The third kappa shape index (κ3) is 1.34. The third-order valence-corrected chi connectivity index (χ3v) is 3.22. The Morgan fingerprint density at radius 3 is 3.20 bits per heavy atom. The van der Waals surface area contributed by atoms with Gasteiger partial charge in [-0.3, -0.25) is 0 Å². The van der Waals surface area contributed by atoms with E-state index in [1.54, 1.807) is 0 Å². The molecule has 0 saturated carbocycles. The van der Waals surface area contributed by atoms with Gasteiger partial charge in [0.15, 0.2) is 0 Å². The summed E-state index contributed by atoms with van der Waals surface area (Å²) in [5, 5.41) is 10.2. The van der Waals surface area contributed by atoms with Gasteiger partial charge in [-0.05, 0) is 18.6 Å². The van der Waals surface area contributed by atoms with Crippen LogP contribution in [0.3, 0.4) is 0 Å². The van der Waals surface area contributed by atoms with E-state index >= 15 is 0 Å². The maximum atomic E-state index is 9.56. The highest BCUT2D eigenvalue weighted by molar-refractivity contribution is 6.34. The van der Waals surface area contributed by atoms with Crippen LogP contribution in [0.5, 0.6) is 0 Å². The first-order valence-corrected chi connectivity index (χ1v) is 5.45. The van der Waals surface area contributed by atoms with Gasteiger partial charge in [0.25, 0.3) is 0 Å². The van der Waals surface area contributed by atoms with E-state index in [2.05, 4.69) is 9.55 Å². The van der Waals surface area contributed by atoms with Gasteiger partial charge in [0.05, 0.1) is 16.6 Å². The van der Waals surface area contributed by atoms with Crippen molar-refractivity contribution in [2.45, 2.75) is 25.5 Å². The summed E-state index contributed by atoms with van der Waals surface area (Å²) >= 11 is 6.07. The van der Waals surface area contributed by atoms with Crippen LogP contribution >= 0.6 is 11.6 Å². The first kappa shape index (κ1) is 9.19. The number of para-hydroxylation sites is 1. The van der Waals surface area contributed by atoms with E-state index in [0.717, 1.165) is 29.8 Å². The summed E-state index contributed by atoms with van der Waals surface area (Å²) in [6, 6.07) is 5.80. The number of aryl methyl sites for hydroxylation is 1. The van der Waals surface area contributed by atoms with Crippen LogP contribution in [0.15, 0.2) is 18.2 Å². The molecule has 0 amide bonds. The van der Waals surface area contributed by atoms with Crippen molar-refractivity contribution < 1.29 is 5.11 Å². The van der Waals surface area contributed by atoms with Crippen molar-refractivity contribution in [1.82, 2.24) is 9.55 Å². The topological polar surface area (TPSA) is 38.0 Å². The number of aliphatic hydroxyl groups excluding tert-OH is 1. The van der Waals surface area contributed by atoms with Crippen LogP contribution in [-0.4, -0.2) is 20.8 Å². The molecule has 2 aromatic rings. The molecule has 15 heavy (non-hydrogen) atoms. The van der Waals surface area contributed by atoms with Crippen LogP contribution in [0.2, 0.25) is 5.02 Å².